The summed E-state index contributed by atoms with van der Waals surface area (Å²) in [6.45, 7) is 4.83. The predicted octanol–water partition coefficient (Wildman–Crippen LogP) is 3.19. The van der Waals surface area contributed by atoms with Gasteiger partial charge in [0.05, 0.1) is 12.5 Å². The maximum atomic E-state index is 12.2. The minimum atomic E-state index is -0.0770. The number of fused-ring (bicyclic) bond motifs is 1. The fourth-order valence-electron chi connectivity index (χ4n) is 3.56. The maximum Gasteiger partial charge on any atom is 0.248 e. The molecular formula is C20H26N2O2. The van der Waals surface area contributed by atoms with E-state index < -0.39 is 0 Å². The van der Waals surface area contributed by atoms with Crippen LogP contribution >= 0.6 is 0 Å². The number of nitrogens with one attached hydrogen (secondary N) is 2. The van der Waals surface area contributed by atoms with E-state index in [0.29, 0.717) is 18.0 Å². The van der Waals surface area contributed by atoms with Crippen LogP contribution in [0.15, 0.2) is 35.4 Å². The van der Waals surface area contributed by atoms with Gasteiger partial charge in [0.2, 0.25) is 11.8 Å². The van der Waals surface area contributed by atoms with Crippen LogP contribution in [0.5, 0.6) is 0 Å². The van der Waals surface area contributed by atoms with E-state index in [1.165, 1.54) is 11.1 Å². The SMILES string of the molecule is CC(C)c1ccc(CNC(=O)CC2=C3CCCCC3NC2=O)cc1. The van der Waals surface area contributed by atoms with Gasteiger partial charge in [-0.15, -0.1) is 0 Å². The molecule has 3 rings (SSSR count). The maximum absolute atomic E-state index is 12.2. The molecule has 0 spiro atoms. The third kappa shape index (κ3) is 3.69. The zero-order valence-corrected chi connectivity index (χ0v) is 14.5. The molecule has 1 atom stereocenters. The van der Waals surface area contributed by atoms with Crippen molar-refractivity contribution in [1.29, 1.82) is 0 Å². The highest BCUT2D eigenvalue weighted by Crippen LogP contribution is 2.32. The minimum Gasteiger partial charge on any atom is -0.352 e. The van der Waals surface area contributed by atoms with Crippen molar-refractivity contribution in [1.82, 2.24) is 10.6 Å². The first kappa shape index (κ1) is 16.7. The molecule has 4 nitrogen and oxygen atoms in total. The quantitative estimate of drug-likeness (QED) is 0.873. The van der Waals surface area contributed by atoms with Crippen LogP contribution in [0.25, 0.3) is 0 Å². The van der Waals surface area contributed by atoms with Gasteiger partial charge in [0.15, 0.2) is 0 Å². The van der Waals surface area contributed by atoms with Gasteiger partial charge in [-0.1, -0.05) is 44.5 Å². The molecule has 2 aliphatic rings. The summed E-state index contributed by atoms with van der Waals surface area (Å²) in [6, 6.07) is 8.49. The highest BCUT2D eigenvalue weighted by atomic mass is 16.2. The van der Waals surface area contributed by atoms with Crippen molar-refractivity contribution in [3.8, 4) is 0 Å². The number of rotatable bonds is 5. The summed E-state index contributed by atoms with van der Waals surface area (Å²) in [7, 11) is 0. The summed E-state index contributed by atoms with van der Waals surface area (Å²) in [5.74, 6) is 0.381. The van der Waals surface area contributed by atoms with Gasteiger partial charge in [0.1, 0.15) is 0 Å². The first-order chi connectivity index (χ1) is 11.5. The Morgan fingerprint density at radius 1 is 1.25 bits per heavy atom. The zero-order valence-electron chi connectivity index (χ0n) is 14.5. The lowest BCUT2D eigenvalue weighted by Gasteiger charge is -2.20. The van der Waals surface area contributed by atoms with Crippen molar-refractivity contribution in [2.24, 2.45) is 0 Å². The fourth-order valence-corrected chi connectivity index (χ4v) is 3.56. The van der Waals surface area contributed by atoms with Crippen LogP contribution in [0.1, 0.15) is 63.0 Å². The number of benzene rings is 1. The Morgan fingerprint density at radius 2 is 2.00 bits per heavy atom. The van der Waals surface area contributed by atoms with Crippen molar-refractivity contribution in [2.45, 2.75) is 64.5 Å². The Labute approximate surface area is 143 Å². The van der Waals surface area contributed by atoms with Crippen LogP contribution in [0.4, 0.5) is 0 Å². The lowest BCUT2D eigenvalue weighted by Crippen LogP contribution is -2.30. The van der Waals surface area contributed by atoms with E-state index in [-0.39, 0.29) is 24.3 Å². The molecule has 24 heavy (non-hydrogen) atoms. The van der Waals surface area contributed by atoms with E-state index in [4.69, 9.17) is 0 Å². The van der Waals surface area contributed by atoms with E-state index in [2.05, 4.69) is 48.7 Å². The van der Waals surface area contributed by atoms with Crippen molar-refractivity contribution < 1.29 is 9.59 Å². The van der Waals surface area contributed by atoms with E-state index >= 15 is 0 Å². The second kappa shape index (κ2) is 7.20. The van der Waals surface area contributed by atoms with Gasteiger partial charge in [-0.05, 0) is 41.9 Å². The third-order valence-electron chi connectivity index (χ3n) is 5.05. The molecule has 1 unspecified atom stereocenters. The van der Waals surface area contributed by atoms with Crippen LogP contribution < -0.4 is 10.6 Å². The van der Waals surface area contributed by atoms with Crippen LogP contribution in [-0.4, -0.2) is 17.9 Å². The van der Waals surface area contributed by atoms with Gasteiger partial charge in [-0.2, -0.15) is 0 Å². The largest absolute Gasteiger partial charge is 0.352 e. The average Bonchev–Trinajstić information content (AvgIpc) is 2.89. The molecule has 1 aliphatic heterocycles. The predicted molar refractivity (Wildman–Crippen MR) is 94.4 cm³/mol. The summed E-state index contributed by atoms with van der Waals surface area (Å²) < 4.78 is 0. The third-order valence-corrected chi connectivity index (χ3v) is 5.05. The van der Waals surface area contributed by atoms with E-state index in [0.717, 1.165) is 31.2 Å². The normalized spacial score (nSPS) is 20.1. The van der Waals surface area contributed by atoms with Gasteiger partial charge >= 0.3 is 0 Å². The fraction of sp³-hybridized carbons (Fsp3) is 0.500. The molecule has 1 heterocycles. The first-order valence-corrected chi connectivity index (χ1v) is 8.93. The van der Waals surface area contributed by atoms with Gasteiger partial charge < -0.3 is 10.6 Å². The number of carbonyl (C=O) groups is 2. The molecule has 128 valence electrons. The van der Waals surface area contributed by atoms with Gasteiger partial charge in [0.25, 0.3) is 0 Å². The molecule has 2 amide bonds. The summed E-state index contributed by atoms with van der Waals surface area (Å²) in [4.78, 5) is 24.3. The topological polar surface area (TPSA) is 58.2 Å². The molecular weight excluding hydrogens is 300 g/mol. The van der Waals surface area contributed by atoms with Crippen LogP contribution in [0, 0.1) is 0 Å². The standard InChI is InChI=1S/C20H26N2O2/c1-13(2)15-9-7-14(8-10-15)12-21-19(23)11-17-16-5-3-4-6-18(16)22-20(17)24/h7-10,13,18H,3-6,11-12H2,1-2H3,(H,21,23)(H,22,24). The molecule has 1 fully saturated rings. The monoisotopic (exact) mass is 326 g/mol. The number of hydrogen-bond donors (Lipinski definition) is 2. The Morgan fingerprint density at radius 3 is 2.71 bits per heavy atom. The average molecular weight is 326 g/mol. The molecule has 0 aromatic heterocycles. The van der Waals surface area contributed by atoms with E-state index in [1.807, 2.05) is 0 Å². The van der Waals surface area contributed by atoms with Gasteiger partial charge in [0, 0.05) is 12.1 Å². The summed E-state index contributed by atoms with van der Waals surface area (Å²) >= 11 is 0. The molecule has 2 N–H and O–H groups in total. The van der Waals surface area contributed by atoms with Gasteiger partial charge in [-0.3, -0.25) is 9.59 Å². The van der Waals surface area contributed by atoms with Crippen molar-refractivity contribution in [2.75, 3.05) is 0 Å². The zero-order chi connectivity index (χ0) is 17.1. The van der Waals surface area contributed by atoms with E-state index in [1.54, 1.807) is 0 Å². The Bertz CT molecular complexity index is 659. The van der Waals surface area contributed by atoms with Crippen molar-refractivity contribution in [3.63, 3.8) is 0 Å². The summed E-state index contributed by atoms with van der Waals surface area (Å²) in [6.07, 6.45) is 4.42. The Balaban J connectivity index is 1.56. The highest BCUT2D eigenvalue weighted by molar-refractivity contribution is 6.02. The summed E-state index contributed by atoms with van der Waals surface area (Å²) in [5, 5.41) is 5.95. The Hall–Kier alpha value is -2.10. The lowest BCUT2D eigenvalue weighted by atomic mass is 9.88. The number of carbonyl (C=O) groups excluding carboxylic acids is 2. The van der Waals surface area contributed by atoms with Crippen molar-refractivity contribution in [3.05, 3.63) is 46.5 Å². The molecule has 1 aliphatic carbocycles. The summed E-state index contributed by atoms with van der Waals surface area (Å²) in [5.41, 5.74) is 4.25. The van der Waals surface area contributed by atoms with Crippen LogP contribution in [0.3, 0.4) is 0 Å². The molecule has 1 aromatic carbocycles. The molecule has 1 aromatic rings. The van der Waals surface area contributed by atoms with Crippen LogP contribution in [-0.2, 0) is 16.1 Å². The highest BCUT2D eigenvalue weighted by Gasteiger charge is 2.33. The van der Waals surface area contributed by atoms with Crippen LogP contribution in [0.2, 0.25) is 0 Å². The molecule has 0 saturated heterocycles. The number of hydrogen-bond acceptors (Lipinski definition) is 2. The smallest absolute Gasteiger partial charge is 0.248 e. The first-order valence-electron chi connectivity index (χ1n) is 8.93. The number of amides is 2. The van der Waals surface area contributed by atoms with Gasteiger partial charge in [-0.25, -0.2) is 0 Å². The molecule has 0 bridgehead atoms. The van der Waals surface area contributed by atoms with E-state index in [9.17, 15) is 9.59 Å². The van der Waals surface area contributed by atoms with Crippen molar-refractivity contribution >= 4 is 11.8 Å². The molecule has 0 radical (unpaired) electrons. The second-order valence-electron chi connectivity index (χ2n) is 7.13. The molecule has 1 saturated carbocycles. The lowest BCUT2D eigenvalue weighted by molar-refractivity contribution is -0.123. The minimum absolute atomic E-state index is 0.0478. The molecule has 4 heteroatoms. The second-order valence-corrected chi connectivity index (χ2v) is 7.13. The Kier molecular flexibility index (Phi) is 5.03.